The Bertz CT molecular complexity index is 2460. The van der Waals surface area contributed by atoms with E-state index in [4.69, 9.17) is 0 Å². The maximum atomic E-state index is 2.53. The molecular weight excluding hydrogens is 721 g/mol. The Labute approximate surface area is 362 Å². The van der Waals surface area contributed by atoms with Gasteiger partial charge < -0.3 is 0 Å². The van der Waals surface area contributed by atoms with Crippen LogP contribution in [0.4, 0.5) is 0 Å². The fraction of sp³-hybridized carbons (Fsp3) is 0.367. The van der Waals surface area contributed by atoms with Crippen LogP contribution in [0.1, 0.15) is 133 Å². The van der Waals surface area contributed by atoms with Crippen LogP contribution in [0.5, 0.6) is 0 Å². The van der Waals surface area contributed by atoms with Gasteiger partial charge in [0.05, 0.1) is 6.07 Å². The second kappa shape index (κ2) is 18.0. The average molecular weight is 787 g/mol. The van der Waals surface area contributed by atoms with Crippen molar-refractivity contribution in [3.63, 3.8) is 0 Å². The number of hydrogen-bond acceptors (Lipinski definition) is 0. The summed E-state index contributed by atoms with van der Waals surface area (Å²) in [5, 5.41) is 2.60. The predicted octanol–water partition coefficient (Wildman–Crippen LogP) is 17.4. The van der Waals surface area contributed by atoms with Crippen LogP contribution >= 0.6 is 0 Å². The van der Waals surface area contributed by atoms with E-state index in [0.717, 1.165) is 19.3 Å². The molecule has 9 rings (SSSR count). The van der Waals surface area contributed by atoms with Crippen LogP contribution in [-0.4, -0.2) is 0 Å². The second-order valence-electron chi connectivity index (χ2n) is 19.1. The Kier molecular flexibility index (Phi) is 12.1. The lowest BCUT2D eigenvalue weighted by Crippen LogP contribution is -2.26. The highest BCUT2D eigenvalue weighted by Gasteiger charge is 2.56. The average Bonchev–Trinajstić information content (AvgIpc) is 3.81. The molecule has 1 fully saturated rings. The maximum absolute atomic E-state index is 2.53. The maximum Gasteiger partial charge on any atom is 0.133 e. The van der Waals surface area contributed by atoms with Crippen molar-refractivity contribution in [2.24, 2.45) is 17.3 Å². The zero-order chi connectivity index (χ0) is 41.1. The van der Waals surface area contributed by atoms with Crippen molar-refractivity contribution in [3.8, 4) is 44.5 Å². The lowest BCUT2D eigenvalue weighted by Gasteiger charge is -2.38. The minimum absolute atomic E-state index is 0.0798. The van der Waals surface area contributed by atoms with Gasteiger partial charge in [-0.05, 0) is 136 Å². The molecule has 0 N–H and O–H groups in total. The molecule has 0 amide bonds. The summed E-state index contributed by atoms with van der Waals surface area (Å²) in [6, 6.07) is 48.4. The Morgan fingerprint density at radius 1 is 0.500 bits per heavy atom. The highest BCUT2D eigenvalue weighted by molar-refractivity contribution is 5.92. The summed E-state index contributed by atoms with van der Waals surface area (Å²) >= 11 is 0. The third-order valence-electron chi connectivity index (χ3n) is 14.4. The van der Waals surface area contributed by atoms with E-state index < -0.39 is 0 Å². The second-order valence-corrected chi connectivity index (χ2v) is 19.1. The van der Waals surface area contributed by atoms with Crippen molar-refractivity contribution in [1.82, 2.24) is 0 Å². The molecule has 1 saturated carbocycles. The molecule has 0 spiro atoms. The fourth-order valence-corrected chi connectivity index (χ4v) is 11.3. The minimum Gasteiger partial charge on any atom is -0.186 e. The molecule has 306 valence electrons. The number of aryl methyl sites for hydroxylation is 2. The van der Waals surface area contributed by atoms with Gasteiger partial charge in [0, 0.05) is 28.9 Å². The van der Waals surface area contributed by atoms with E-state index >= 15 is 0 Å². The van der Waals surface area contributed by atoms with E-state index in [9.17, 15) is 0 Å². The van der Waals surface area contributed by atoms with Crippen LogP contribution in [0.15, 0.2) is 133 Å². The third-order valence-corrected chi connectivity index (χ3v) is 14.4. The molecule has 0 saturated heterocycles. The Morgan fingerprint density at radius 3 is 1.60 bits per heavy atom. The van der Waals surface area contributed by atoms with Crippen LogP contribution < -0.4 is 0 Å². The van der Waals surface area contributed by atoms with E-state index in [2.05, 4.69) is 161 Å². The third kappa shape index (κ3) is 8.37. The van der Waals surface area contributed by atoms with Gasteiger partial charge in [-0.1, -0.05) is 158 Å². The molecule has 3 aliphatic rings. The van der Waals surface area contributed by atoms with Gasteiger partial charge >= 0.3 is 0 Å². The van der Waals surface area contributed by atoms with Crippen molar-refractivity contribution < 1.29 is 0 Å². The van der Waals surface area contributed by atoms with Crippen LogP contribution in [0.25, 0.3) is 55.3 Å². The number of fused-ring (bicyclic) bond motifs is 21. The predicted molar refractivity (Wildman–Crippen MR) is 259 cm³/mol. The molecule has 13 bridgehead atoms. The normalized spacial score (nSPS) is 17.2. The molecular formula is C60H66. The molecule has 3 aliphatic carbocycles. The first kappa shape index (κ1) is 40.5. The summed E-state index contributed by atoms with van der Waals surface area (Å²) in [6.07, 6.45) is 24.1. The van der Waals surface area contributed by atoms with E-state index in [1.807, 2.05) is 0 Å². The molecule has 0 heterocycles. The summed E-state index contributed by atoms with van der Waals surface area (Å²) in [6.45, 7) is 9.64. The van der Waals surface area contributed by atoms with Gasteiger partial charge in [0.2, 0.25) is 0 Å². The standard InChI is InChI=1S/C60H66/c1-5-7-9-11-13-15-20-42-32-51-40-53(34-42)47-30-28-44-29-31-48(39-55(44)38-47)54-35-43(21-16-14-12-10-8-6-2)33-52(41-54)46-23-18-25-50(37-46)59-57-27-19-26-56(57)58(60(59,3)4)49-24-17-22-45(51)36-49/h17-19,22-26,28-41,56-57H,5-16,20-21,27H2,1-4H3. The van der Waals surface area contributed by atoms with Crippen LogP contribution in [-0.2, 0) is 12.8 Å². The van der Waals surface area contributed by atoms with Gasteiger partial charge in [-0.3, -0.25) is 0 Å². The summed E-state index contributed by atoms with van der Waals surface area (Å²) in [5.74, 6) is 4.09. The Hall–Kier alpha value is -4.94. The van der Waals surface area contributed by atoms with Gasteiger partial charge in [0.1, 0.15) is 5.56 Å². The fourth-order valence-electron chi connectivity index (χ4n) is 11.3. The molecule has 2 unspecified atom stereocenters. The highest BCUT2D eigenvalue weighted by atomic mass is 14.6. The molecule has 0 aromatic heterocycles. The van der Waals surface area contributed by atoms with Gasteiger partial charge in [0.15, 0.2) is 0 Å². The minimum atomic E-state index is -0.0798. The van der Waals surface area contributed by atoms with E-state index in [0.29, 0.717) is 11.8 Å². The van der Waals surface area contributed by atoms with Crippen LogP contribution in [0.3, 0.4) is 0 Å². The van der Waals surface area contributed by atoms with Gasteiger partial charge in [-0.15, -0.1) is 12.0 Å². The van der Waals surface area contributed by atoms with Gasteiger partial charge in [-0.25, -0.2) is 0 Å². The molecule has 0 heteroatoms. The van der Waals surface area contributed by atoms with E-state index in [-0.39, 0.29) is 5.41 Å². The molecule has 2 atom stereocenters. The van der Waals surface area contributed by atoms with Crippen molar-refractivity contribution in [3.05, 3.63) is 168 Å². The number of allylic oxidation sites excluding steroid dienone is 2. The number of hydrogen-bond donors (Lipinski definition) is 0. The first-order valence-corrected chi connectivity index (χ1v) is 23.8. The number of benzene rings is 6. The summed E-state index contributed by atoms with van der Waals surface area (Å²) in [5.41, 5.74) is 16.2. The van der Waals surface area contributed by atoms with Gasteiger partial charge in [-0.2, -0.15) is 17.7 Å². The molecule has 0 aliphatic heterocycles. The van der Waals surface area contributed by atoms with Gasteiger partial charge in [0.25, 0.3) is 0 Å². The Morgan fingerprint density at radius 2 is 1.02 bits per heavy atom. The summed E-state index contributed by atoms with van der Waals surface area (Å²) in [4.78, 5) is 0. The lowest BCUT2D eigenvalue weighted by atomic mass is 9.68. The lowest BCUT2D eigenvalue weighted by molar-refractivity contribution is 0.451. The number of unbranched alkanes of at least 4 members (excludes halogenated alkanes) is 10. The monoisotopic (exact) mass is 787 g/mol. The first-order chi connectivity index (χ1) is 29.4. The zero-order valence-corrected chi connectivity index (χ0v) is 37.0. The first-order valence-electron chi connectivity index (χ1n) is 23.8. The zero-order valence-electron chi connectivity index (χ0n) is 37.0. The van der Waals surface area contributed by atoms with Crippen molar-refractivity contribution >= 4 is 10.8 Å². The Balaban J connectivity index is 1.19. The molecule has 60 heavy (non-hydrogen) atoms. The number of rotatable bonds is 14. The molecule has 0 radical (unpaired) electrons. The highest BCUT2D eigenvalue weighted by Crippen LogP contribution is 2.64. The molecule has 0 nitrogen and oxygen atoms in total. The van der Waals surface area contributed by atoms with E-state index in [1.54, 1.807) is 11.8 Å². The SMILES string of the molecule is CCCCCCCCc1cc2cc(c1)-c1ccc3ccc(cc3c1)-c1cc(CCCCCCCC)cc(c1)-c1cccc(c1)[C-]1C3CC=CC3[C+](c3cccc-2c3)C1(C)C. The summed E-state index contributed by atoms with van der Waals surface area (Å²) < 4.78 is 0. The molecule has 6 aromatic rings. The smallest absolute Gasteiger partial charge is 0.133 e. The van der Waals surface area contributed by atoms with Crippen molar-refractivity contribution in [2.45, 2.75) is 124 Å². The van der Waals surface area contributed by atoms with Crippen molar-refractivity contribution in [1.29, 1.82) is 0 Å². The van der Waals surface area contributed by atoms with Crippen molar-refractivity contribution in [2.75, 3.05) is 0 Å². The molecule has 6 aromatic carbocycles. The largest absolute Gasteiger partial charge is 0.186 e. The summed E-state index contributed by atoms with van der Waals surface area (Å²) in [7, 11) is 0. The van der Waals surface area contributed by atoms with Crippen LogP contribution in [0, 0.1) is 29.1 Å². The quantitative estimate of drug-likeness (QED) is 0.0586. The van der Waals surface area contributed by atoms with E-state index in [1.165, 1.54) is 155 Å². The van der Waals surface area contributed by atoms with Crippen LogP contribution in [0.2, 0.25) is 0 Å². The topological polar surface area (TPSA) is 0 Å².